The number of aromatic nitrogens is 1. The Labute approximate surface area is 183 Å². The van der Waals surface area contributed by atoms with Gasteiger partial charge in [0, 0.05) is 39.6 Å². The maximum absolute atomic E-state index is 13.6. The van der Waals surface area contributed by atoms with Gasteiger partial charge < -0.3 is 4.90 Å². The second kappa shape index (κ2) is 8.98. The van der Waals surface area contributed by atoms with Gasteiger partial charge in [-0.25, -0.2) is 4.39 Å². The molecule has 1 aliphatic rings. The fourth-order valence-electron chi connectivity index (χ4n) is 4.64. The lowest BCUT2D eigenvalue weighted by atomic mass is 9.79. The molecule has 4 nitrogen and oxygen atoms in total. The molecule has 0 aliphatic carbocycles. The van der Waals surface area contributed by atoms with E-state index in [0.29, 0.717) is 19.5 Å². The Hall–Kier alpha value is -3.05. The van der Waals surface area contributed by atoms with E-state index in [1.54, 1.807) is 23.2 Å². The second-order valence-electron chi connectivity index (χ2n) is 8.69. The average molecular weight is 418 g/mol. The van der Waals surface area contributed by atoms with Crippen LogP contribution in [0.15, 0.2) is 73.1 Å². The van der Waals surface area contributed by atoms with Crippen LogP contribution in [0.2, 0.25) is 0 Å². The Morgan fingerprint density at radius 3 is 2.58 bits per heavy atom. The summed E-state index contributed by atoms with van der Waals surface area (Å²) in [5.74, 6) is -0.0689. The van der Waals surface area contributed by atoms with E-state index in [1.165, 1.54) is 6.07 Å². The zero-order valence-electron chi connectivity index (χ0n) is 18.1. The molecule has 1 aromatic heterocycles. The van der Waals surface area contributed by atoms with Gasteiger partial charge >= 0.3 is 0 Å². The summed E-state index contributed by atoms with van der Waals surface area (Å²) in [5.41, 5.74) is 3.77. The van der Waals surface area contributed by atoms with Crippen molar-refractivity contribution >= 4 is 5.91 Å². The Morgan fingerprint density at radius 1 is 1.06 bits per heavy atom. The predicted molar refractivity (Wildman–Crippen MR) is 121 cm³/mol. The van der Waals surface area contributed by atoms with Crippen LogP contribution >= 0.6 is 0 Å². The number of benzene rings is 2. The minimum Gasteiger partial charge on any atom is -0.348 e. The van der Waals surface area contributed by atoms with E-state index in [2.05, 4.69) is 28.1 Å². The highest BCUT2D eigenvalue weighted by Crippen LogP contribution is 2.37. The Morgan fingerprint density at radius 2 is 1.84 bits per heavy atom. The third kappa shape index (κ3) is 4.83. The first-order chi connectivity index (χ1) is 14.9. The van der Waals surface area contributed by atoms with Gasteiger partial charge in [-0.1, -0.05) is 42.5 Å². The largest absolute Gasteiger partial charge is 0.348 e. The molecule has 160 valence electrons. The monoisotopic (exact) mass is 417 g/mol. The van der Waals surface area contributed by atoms with Crippen molar-refractivity contribution in [3.05, 3.63) is 90.0 Å². The van der Waals surface area contributed by atoms with Crippen LogP contribution in [0.5, 0.6) is 0 Å². The van der Waals surface area contributed by atoms with Gasteiger partial charge in [-0.3, -0.25) is 14.7 Å². The molecule has 1 atom stereocenters. The quantitative estimate of drug-likeness (QED) is 0.596. The average Bonchev–Trinajstić information content (AvgIpc) is 3.17. The number of rotatable bonds is 6. The van der Waals surface area contributed by atoms with Crippen molar-refractivity contribution in [2.45, 2.75) is 19.4 Å². The number of halogens is 1. The summed E-state index contributed by atoms with van der Waals surface area (Å²) in [7, 11) is 3.65. The number of hydrogen-bond donors (Lipinski definition) is 0. The van der Waals surface area contributed by atoms with E-state index in [-0.39, 0.29) is 11.7 Å². The maximum Gasteiger partial charge on any atom is 0.229 e. The molecule has 0 radical (unpaired) electrons. The summed E-state index contributed by atoms with van der Waals surface area (Å²) in [5, 5.41) is 0. The van der Waals surface area contributed by atoms with E-state index in [1.807, 2.05) is 44.6 Å². The Balaban J connectivity index is 1.57. The summed E-state index contributed by atoms with van der Waals surface area (Å²) in [4.78, 5) is 21.5. The lowest BCUT2D eigenvalue weighted by Crippen LogP contribution is -2.43. The van der Waals surface area contributed by atoms with Crippen LogP contribution in [-0.4, -0.2) is 47.9 Å². The SMILES string of the molecule is CN(C)C(=O)C1(Cc2cccc(-c3cccnc3)c2)CCN(Cc2cccc(F)c2)C1. The predicted octanol–water partition coefficient (Wildman–Crippen LogP) is 4.41. The topological polar surface area (TPSA) is 36.4 Å². The van der Waals surface area contributed by atoms with Crippen LogP contribution in [0.4, 0.5) is 4.39 Å². The fraction of sp³-hybridized carbons (Fsp3) is 0.308. The fourth-order valence-corrected chi connectivity index (χ4v) is 4.64. The molecule has 1 fully saturated rings. The zero-order chi connectivity index (χ0) is 21.8. The summed E-state index contributed by atoms with van der Waals surface area (Å²) >= 11 is 0. The minimum absolute atomic E-state index is 0.154. The zero-order valence-corrected chi connectivity index (χ0v) is 18.1. The first-order valence-corrected chi connectivity index (χ1v) is 10.6. The molecular weight excluding hydrogens is 389 g/mol. The summed E-state index contributed by atoms with van der Waals surface area (Å²) in [6.45, 7) is 2.13. The van der Waals surface area contributed by atoms with Crippen molar-refractivity contribution < 1.29 is 9.18 Å². The van der Waals surface area contributed by atoms with E-state index in [4.69, 9.17) is 0 Å². The van der Waals surface area contributed by atoms with Crippen LogP contribution in [0.25, 0.3) is 11.1 Å². The first kappa shape index (κ1) is 21.2. The number of hydrogen-bond acceptors (Lipinski definition) is 3. The number of pyridine rings is 1. The van der Waals surface area contributed by atoms with Crippen molar-refractivity contribution in [3.8, 4) is 11.1 Å². The van der Waals surface area contributed by atoms with E-state index in [0.717, 1.165) is 35.2 Å². The second-order valence-corrected chi connectivity index (χ2v) is 8.69. The van der Waals surface area contributed by atoms with Crippen molar-refractivity contribution in [1.29, 1.82) is 0 Å². The highest BCUT2D eigenvalue weighted by atomic mass is 19.1. The molecule has 0 spiro atoms. The van der Waals surface area contributed by atoms with E-state index in [9.17, 15) is 9.18 Å². The number of amides is 1. The van der Waals surface area contributed by atoms with Gasteiger partial charge in [-0.15, -0.1) is 0 Å². The summed E-state index contributed by atoms with van der Waals surface area (Å²) in [6, 6.07) is 19.1. The van der Waals surface area contributed by atoms with E-state index < -0.39 is 5.41 Å². The molecule has 0 saturated carbocycles. The molecular formula is C26H28FN3O. The molecule has 31 heavy (non-hydrogen) atoms. The summed E-state index contributed by atoms with van der Waals surface area (Å²) < 4.78 is 13.6. The Kier molecular flexibility index (Phi) is 6.14. The molecule has 1 amide bonds. The Bertz CT molecular complexity index is 1050. The van der Waals surface area contributed by atoms with Crippen molar-refractivity contribution in [2.24, 2.45) is 5.41 Å². The third-order valence-electron chi connectivity index (χ3n) is 6.05. The van der Waals surface area contributed by atoms with Crippen LogP contribution in [0.3, 0.4) is 0 Å². The highest BCUT2D eigenvalue weighted by molar-refractivity contribution is 5.83. The standard InChI is InChI=1S/C26H28FN3O/c1-29(2)25(31)26(11-13-30(19-26)18-21-7-4-10-24(27)15-21)16-20-6-3-8-22(14-20)23-9-5-12-28-17-23/h3-10,12,14-15,17H,11,13,16,18-19H2,1-2H3. The van der Waals surface area contributed by atoms with Gasteiger partial charge in [-0.05, 0) is 59.8 Å². The molecule has 0 N–H and O–H groups in total. The maximum atomic E-state index is 13.6. The van der Waals surface area contributed by atoms with Crippen molar-refractivity contribution in [2.75, 3.05) is 27.2 Å². The molecule has 5 heteroatoms. The van der Waals surface area contributed by atoms with Crippen LogP contribution < -0.4 is 0 Å². The highest BCUT2D eigenvalue weighted by Gasteiger charge is 2.45. The van der Waals surface area contributed by atoms with Crippen molar-refractivity contribution in [1.82, 2.24) is 14.8 Å². The molecule has 0 bridgehead atoms. The lowest BCUT2D eigenvalue weighted by Gasteiger charge is -2.31. The molecule has 3 aromatic rings. The van der Waals surface area contributed by atoms with Crippen LogP contribution in [0.1, 0.15) is 17.5 Å². The van der Waals surface area contributed by atoms with Gasteiger partial charge in [0.1, 0.15) is 5.82 Å². The van der Waals surface area contributed by atoms with E-state index >= 15 is 0 Å². The van der Waals surface area contributed by atoms with Gasteiger partial charge in [0.2, 0.25) is 5.91 Å². The normalized spacial score (nSPS) is 18.8. The molecule has 2 aromatic carbocycles. The summed E-state index contributed by atoms with van der Waals surface area (Å²) in [6.07, 6.45) is 5.09. The molecule has 1 unspecified atom stereocenters. The molecule has 1 aliphatic heterocycles. The smallest absolute Gasteiger partial charge is 0.229 e. The number of carbonyl (C=O) groups excluding carboxylic acids is 1. The third-order valence-corrected chi connectivity index (χ3v) is 6.05. The molecule has 1 saturated heterocycles. The first-order valence-electron chi connectivity index (χ1n) is 10.6. The number of carbonyl (C=O) groups is 1. The van der Waals surface area contributed by atoms with Gasteiger partial charge in [0.05, 0.1) is 5.41 Å². The lowest BCUT2D eigenvalue weighted by molar-refractivity contribution is -0.138. The van der Waals surface area contributed by atoms with Crippen LogP contribution in [0, 0.1) is 11.2 Å². The molecule has 4 rings (SSSR count). The number of likely N-dealkylation sites (tertiary alicyclic amines) is 1. The van der Waals surface area contributed by atoms with Gasteiger partial charge in [-0.2, -0.15) is 0 Å². The van der Waals surface area contributed by atoms with Crippen molar-refractivity contribution in [3.63, 3.8) is 0 Å². The van der Waals surface area contributed by atoms with Gasteiger partial charge in [0.25, 0.3) is 0 Å². The molecule has 2 heterocycles. The van der Waals surface area contributed by atoms with Gasteiger partial charge in [0.15, 0.2) is 0 Å². The minimum atomic E-state index is -0.482. The number of nitrogens with zero attached hydrogens (tertiary/aromatic N) is 3. The van der Waals surface area contributed by atoms with Crippen LogP contribution in [-0.2, 0) is 17.8 Å².